The van der Waals surface area contributed by atoms with Crippen LogP contribution >= 0.6 is 0 Å². The molecule has 0 radical (unpaired) electrons. The third kappa shape index (κ3) is 9.57. The Morgan fingerprint density at radius 1 is 0.550 bits per heavy atom. The van der Waals surface area contributed by atoms with Crippen LogP contribution in [0.1, 0.15) is 114 Å². The second-order valence-corrected chi connectivity index (χ2v) is 10.5. The molecule has 0 bridgehead atoms. The molecule has 0 aliphatic carbocycles. The molecular formula is C34H50O6. The molecular weight excluding hydrogens is 504 g/mol. The summed E-state index contributed by atoms with van der Waals surface area (Å²) in [4.78, 5) is 28.8. The van der Waals surface area contributed by atoms with Crippen molar-refractivity contribution in [1.29, 1.82) is 0 Å². The molecule has 6 nitrogen and oxygen atoms in total. The highest BCUT2D eigenvalue weighted by atomic mass is 16.5. The van der Waals surface area contributed by atoms with E-state index >= 15 is 0 Å². The second-order valence-electron chi connectivity index (χ2n) is 10.5. The lowest BCUT2D eigenvalue weighted by molar-refractivity contribution is 0.0758. The molecule has 2 aromatic carbocycles. The number of hydrogen-bond acceptors (Lipinski definition) is 6. The highest BCUT2D eigenvalue weighted by molar-refractivity contribution is 6.19. The zero-order chi connectivity index (χ0) is 29.3. The molecule has 0 amide bonds. The zero-order valence-corrected chi connectivity index (χ0v) is 25.6. The summed E-state index contributed by atoms with van der Waals surface area (Å²) >= 11 is 0. The van der Waals surface area contributed by atoms with E-state index < -0.39 is 5.92 Å². The number of hydrogen-bond donors (Lipinski definition) is 0. The molecule has 0 saturated heterocycles. The highest BCUT2D eigenvalue weighted by Crippen LogP contribution is 2.38. The predicted molar refractivity (Wildman–Crippen MR) is 161 cm³/mol. The third-order valence-corrected chi connectivity index (χ3v) is 6.72. The van der Waals surface area contributed by atoms with Crippen molar-refractivity contribution in [2.75, 3.05) is 26.4 Å². The monoisotopic (exact) mass is 554 g/mol. The van der Waals surface area contributed by atoms with Gasteiger partial charge in [-0.3, -0.25) is 9.59 Å². The summed E-state index contributed by atoms with van der Waals surface area (Å²) in [7, 11) is 0. The van der Waals surface area contributed by atoms with E-state index in [9.17, 15) is 9.59 Å². The molecule has 6 heteroatoms. The Hall–Kier alpha value is -3.02. The molecule has 2 rings (SSSR count). The lowest BCUT2D eigenvalue weighted by Crippen LogP contribution is -2.31. The summed E-state index contributed by atoms with van der Waals surface area (Å²) in [5, 5.41) is 0. The number of Topliss-reactive ketones (excluding diaryl/α,β-unsaturated/α-hetero) is 2. The van der Waals surface area contributed by atoms with Gasteiger partial charge in [0.05, 0.1) is 32.3 Å². The number of carbonyl (C=O) groups is 2. The van der Waals surface area contributed by atoms with E-state index in [1.165, 1.54) is 0 Å². The van der Waals surface area contributed by atoms with Gasteiger partial charge in [0.1, 0.15) is 34.1 Å². The minimum absolute atomic E-state index is 0.278. The summed E-state index contributed by atoms with van der Waals surface area (Å²) in [6, 6.07) is 10.8. The normalized spacial score (nSPS) is 11.1. The smallest absolute Gasteiger partial charge is 0.181 e. The van der Waals surface area contributed by atoms with E-state index in [2.05, 4.69) is 27.7 Å². The van der Waals surface area contributed by atoms with E-state index in [0.29, 0.717) is 60.6 Å². The van der Waals surface area contributed by atoms with Crippen LogP contribution in [-0.2, 0) is 0 Å². The van der Waals surface area contributed by atoms with Gasteiger partial charge in [-0.15, -0.1) is 0 Å². The number of ether oxygens (including phenoxy) is 4. The van der Waals surface area contributed by atoms with Crippen molar-refractivity contribution >= 4 is 11.6 Å². The Labute approximate surface area is 241 Å². The average molecular weight is 555 g/mol. The molecule has 0 spiro atoms. The summed E-state index contributed by atoms with van der Waals surface area (Å²) in [6.45, 7) is 14.1. The van der Waals surface area contributed by atoms with E-state index in [-0.39, 0.29) is 17.5 Å². The minimum atomic E-state index is -0.964. The molecule has 0 unspecified atom stereocenters. The number of rotatable bonds is 21. The van der Waals surface area contributed by atoms with E-state index in [1.807, 2.05) is 26.0 Å². The van der Waals surface area contributed by atoms with Gasteiger partial charge in [-0.1, -0.05) is 79.4 Å². The molecule has 0 N–H and O–H groups in total. The van der Waals surface area contributed by atoms with Crippen molar-refractivity contribution in [1.82, 2.24) is 0 Å². The van der Waals surface area contributed by atoms with E-state index in [4.69, 9.17) is 18.9 Å². The molecule has 40 heavy (non-hydrogen) atoms. The lowest BCUT2D eigenvalue weighted by atomic mass is 9.81. The fourth-order valence-corrected chi connectivity index (χ4v) is 4.33. The topological polar surface area (TPSA) is 71.1 Å². The maximum absolute atomic E-state index is 14.4. The Kier molecular flexibility index (Phi) is 15.2. The molecule has 2 aromatic rings. The van der Waals surface area contributed by atoms with Gasteiger partial charge in [-0.05, 0) is 55.9 Å². The molecule has 0 aliphatic rings. The van der Waals surface area contributed by atoms with Crippen LogP contribution in [0.5, 0.6) is 23.0 Å². The maximum Gasteiger partial charge on any atom is 0.181 e. The number of benzene rings is 2. The lowest BCUT2D eigenvalue weighted by Gasteiger charge is -2.24. The summed E-state index contributed by atoms with van der Waals surface area (Å²) in [5.41, 5.74) is 0.666. The van der Waals surface area contributed by atoms with Crippen LogP contribution in [0, 0.1) is 11.8 Å². The number of ketones is 2. The standard InChI is InChI=1S/C34H50O6/c1-7-11-21-37-26-17-15-18-27(38-22-12-8-2)31(26)33(35)30(25(5)6)34(36)32-28(39-23-13-9-3)19-16-20-29(32)40-24-14-10-4/h15-20,25,30H,7-14,21-24H2,1-6H3. The van der Waals surface area contributed by atoms with Crippen molar-refractivity contribution in [3.8, 4) is 23.0 Å². The Bertz CT molecular complexity index is 909. The van der Waals surface area contributed by atoms with Gasteiger partial charge in [0.25, 0.3) is 0 Å². The first kappa shape index (κ1) is 33.2. The fraction of sp³-hybridized carbons (Fsp3) is 0.588. The number of carbonyl (C=O) groups excluding carboxylic acids is 2. The van der Waals surface area contributed by atoms with Crippen molar-refractivity contribution < 1.29 is 28.5 Å². The molecule has 0 aliphatic heterocycles. The quantitative estimate of drug-likeness (QED) is 0.0873. The summed E-state index contributed by atoms with van der Waals surface area (Å²) in [6.07, 6.45) is 7.34. The van der Waals surface area contributed by atoms with Crippen LogP contribution in [0.15, 0.2) is 36.4 Å². The van der Waals surface area contributed by atoms with Crippen molar-refractivity contribution in [3.63, 3.8) is 0 Å². The maximum atomic E-state index is 14.4. The van der Waals surface area contributed by atoms with Crippen molar-refractivity contribution in [2.45, 2.75) is 92.9 Å². The van der Waals surface area contributed by atoms with Gasteiger partial charge >= 0.3 is 0 Å². The van der Waals surface area contributed by atoms with Gasteiger partial charge in [0, 0.05) is 0 Å². The average Bonchev–Trinajstić information content (AvgIpc) is 2.93. The predicted octanol–water partition coefficient (Wildman–Crippen LogP) is 8.74. The first-order valence-corrected chi connectivity index (χ1v) is 15.3. The summed E-state index contributed by atoms with van der Waals surface area (Å²) in [5.74, 6) is -0.0255. The third-order valence-electron chi connectivity index (χ3n) is 6.72. The number of unbranched alkanes of at least 4 members (excludes halogenated alkanes) is 4. The molecule has 0 atom stereocenters. The van der Waals surface area contributed by atoms with E-state index in [0.717, 1.165) is 51.4 Å². The van der Waals surface area contributed by atoms with Crippen LogP contribution in [-0.4, -0.2) is 38.0 Å². The van der Waals surface area contributed by atoms with Gasteiger partial charge in [-0.25, -0.2) is 0 Å². The zero-order valence-electron chi connectivity index (χ0n) is 25.6. The molecule has 0 fully saturated rings. The Morgan fingerprint density at radius 3 is 1.05 bits per heavy atom. The molecule has 0 saturated carbocycles. The van der Waals surface area contributed by atoms with Crippen molar-refractivity contribution in [3.05, 3.63) is 47.5 Å². The minimum Gasteiger partial charge on any atom is -0.493 e. The van der Waals surface area contributed by atoms with Crippen LogP contribution < -0.4 is 18.9 Å². The highest BCUT2D eigenvalue weighted by Gasteiger charge is 2.37. The largest absolute Gasteiger partial charge is 0.493 e. The van der Waals surface area contributed by atoms with Crippen LogP contribution in [0.3, 0.4) is 0 Å². The van der Waals surface area contributed by atoms with E-state index in [1.54, 1.807) is 24.3 Å². The van der Waals surface area contributed by atoms with Crippen LogP contribution in [0.2, 0.25) is 0 Å². The fourth-order valence-electron chi connectivity index (χ4n) is 4.33. The van der Waals surface area contributed by atoms with Gasteiger partial charge < -0.3 is 18.9 Å². The SMILES string of the molecule is CCCCOc1cccc(OCCCC)c1C(=O)C(C(=O)c1c(OCCCC)cccc1OCCCC)C(C)C. The second kappa shape index (κ2) is 18.4. The van der Waals surface area contributed by atoms with Crippen molar-refractivity contribution in [2.24, 2.45) is 11.8 Å². The van der Waals surface area contributed by atoms with Gasteiger partial charge in [0.2, 0.25) is 0 Å². The molecule has 222 valence electrons. The van der Waals surface area contributed by atoms with Gasteiger partial charge in [-0.2, -0.15) is 0 Å². The van der Waals surface area contributed by atoms with Crippen LogP contribution in [0.25, 0.3) is 0 Å². The molecule has 0 heterocycles. The first-order chi connectivity index (χ1) is 19.4. The Morgan fingerprint density at radius 2 is 0.825 bits per heavy atom. The Balaban J connectivity index is 2.59. The summed E-state index contributed by atoms with van der Waals surface area (Å²) < 4.78 is 24.3. The van der Waals surface area contributed by atoms with Crippen LogP contribution in [0.4, 0.5) is 0 Å². The molecule has 0 aromatic heterocycles. The van der Waals surface area contributed by atoms with Gasteiger partial charge in [0.15, 0.2) is 11.6 Å². The first-order valence-electron chi connectivity index (χ1n) is 15.3.